The Morgan fingerprint density at radius 1 is 1.10 bits per heavy atom. The molecule has 2 aromatic carbocycles. The number of nitrogens with one attached hydrogen (secondary N) is 1. The highest BCUT2D eigenvalue weighted by atomic mass is 79.9. The zero-order chi connectivity index (χ0) is 15.0. The van der Waals surface area contributed by atoms with Gasteiger partial charge in [-0.2, -0.15) is 0 Å². The normalized spacial score (nSPS) is 12.6. The van der Waals surface area contributed by atoms with Gasteiger partial charge in [-0.1, -0.05) is 27.5 Å². The standard InChI is InChI=1S/C15H12Br2ClNO2/c1-8-2-11(17)13(5-12(8)18)19-6-9-3-14-15(4-10(9)16)21-7-20-14/h2-5,19H,6-7H2,1H3. The summed E-state index contributed by atoms with van der Waals surface area (Å²) in [5, 5.41) is 4.11. The average Bonchev–Trinajstić information content (AvgIpc) is 2.88. The Morgan fingerprint density at radius 3 is 2.57 bits per heavy atom. The molecule has 1 aliphatic rings. The highest BCUT2D eigenvalue weighted by Gasteiger charge is 2.16. The minimum absolute atomic E-state index is 0.276. The topological polar surface area (TPSA) is 30.5 Å². The van der Waals surface area contributed by atoms with Gasteiger partial charge in [0, 0.05) is 20.5 Å². The molecule has 0 unspecified atom stereocenters. The number of rotatable bonds is 3. The third-order valence-electron chi connectivity index (χ3n) is 3.26. The fourth-order valence-corrected chi connectivity index (χ4v) is 3.29. The van der Waals surface area contributed by atoms with Gasteiger partial charge in [0.2, 0.25) is 6.79 Å². The maximum absolute atomic E-state index is 6.17. The third kappa shape index (κ3) is 3.15. The van der Waals surface area contributed by atoms with E-state index < -0.39 is 0 Å². The van der Waals surface area contributed by atoms with Gasteiger partial charge in [0.1, 0.15) is 0 Å². The summed E-state index contributed by atoms with van der Waals surface area (Å²) in [5.74, 6) is 1.54. The van der Waals surface area contributed by atoms with E-state index in [1.807, 2.05) is 31.2 Å². The molecule has 0 fully saturated rings. The van der Waals surface area contributed by atoms with E-state index in [1.54, 1.807) is 0 Å². The zero-order valence-corrected chi connectivity index (χ0v) is 15.1. The number of hydrogen-bond acceptors (Lipinski definition) is 3. The monoisotopic (exact) mass is 431 g/mol. The molecule has 0 atom stereocenters. The first-order valence-corrected chi connectivity index (χ1v) is 8.28. The van der Waals surface area contributed by atoms with Crippen LogP contribution >= 0.6 is 43.5 Å². The van der Waals surface area contributed by atoms with Crippen molar-refractivity contribution in [3.63, 3.8) is 0 Å². The van der Waals surface area contributed by atoms with Crippen LogP contribution in [0, 0.1) is 6.92 Å². The summed E-state index contributed by atoms with van der Waals surface area (Å²) in [5.41, 5.74) is 3.08. The Balaban J connectivity index is 1.81. The van der Waals surface area contributed by atoms with E-state index in [9.17, 15) is 0 Å². The molecule has 0 aliphatic carbocycles. The lowest BCUT2D eigenvalue weighted by atomic mass is 10.2. The predicted molar refractivity (Wildman–Crippen MR) is 91.5 cm³/mol. The fraction of sp³-hybridized carbons (Fsp3) is 0.200. The van der Waals surface area contributed by atoms with Gasteiger partial charge in [0.05, 0.1) is 5.69 Å². The summed E-state index contributed by atoms with van der Waals surface area (Å²) in [6.45, 7) is 2.90. The minimum atomic E-state index is 0.276. The van der Waals surface area contributed by atoms with E-state index in [0.29, 0.717) is 6.54 Å². The smallest absolute Gasteiger partial charge is 0.231 e. The summed E-state index contributed by atoms with van der Waals surface area (Å²) >= 11 is 13.3. The predicted octanol–water partition coefficient (Wildman–Crippen LogP) is 5.51. The quantitative estimate of drug-likeness (QED) is 0.692. The van der Waals surface area contributed by atoms with Crippen LogP contribution in [0.15, 0.2) is 33.2 Å². The molecule has 0 radical (unpaired) electrons. The van der Waals surface area contributed by atoms with E-state index in [0.717, 1.165) is 42.3 Å². The molecule has 1 N–H and O–H groups in total. The van der Waals surface area contributed by atoms with E-state index in [1.165, 1.54) is 0 Å². The number of aryl methyl sites for hydroxylation is 1. The summed E-state index contributed by atoms with van der Waals surface area (Å²) in [6.07, 6.45) is 0. The van der Waals surface area contributed by atoms with Crippen molar-refractivity contribution in [2.75, 3.05) is 12.1 Å². The van der Waals surface area contributed by atoms with Gasteiger partial charge in [0.25, 0.3) is 0 Å². The second kappa shape index (κ2) is 6.07. The van der Waals surface area contributed by atoms with Gasteiger partial charge in [-0.25, -0.2) is 0 Å². The van der Waals surface area contributed by atoms with E-state index in [2.05, 4.69) is 37.2 Å². The molecule has 2 aromatic rings. The molecule has 0 amide bonds. The number of hydrogen-bond donors (Lipinski definition) is 1. The second-order valence-corrected chi connectivity index (χ2v) is 6.85. The lowest BCUT2D eigenvalue weighted by molar-refractivity contribution is 0.174. The van der Waals surface area contributed by atoms with Crippen molar-refractivity contribution in [2.45, 2.75) is 13.5 Å². The highest BCUT2D eigenvalue weighted by molar-refractivity contribution is 9.11. The number of anilines is 1. The van der Waals surface area contributed by atoms with Crippen LogP contribution in [-0.2, 0) is 6.54 Å². The number of halogens is 3. The summed E-state index contributed by atoms with van der Waals surface area (Å²) in [6, 6.07) is 7.82. The van der Waals surface area contributed by atoms with E-state index >= 15 is 0 Å². The molecule has 0 bridgehead atoms. The Labute approximate surface area is 144 Å². The molecular weight excluding hydrogens is 421 g/mol. The maximum Gasteiger partial charge on any atom is 0.231 e. The molecule has 3 rings (SSSR count). The first kappa shape index (κ1) is 15.0. The van der Waals surface area contributed by atoms with Crippen molar-refractivity contribution in [3.8, 4) is 11.5 Å². The molecule has 6 heteroatoms. The van der Waals surface area contributed by atoms with Crippen LogP contribution in [0.3, 0.4) is 0 Å². The van der Waals surface area contributed by atoms with Crippen molar-refractivity contribution in [1.82, 2.24) is 0 Å². The molecule has 3 nitrogen and oxygen atoms in total. The van der Waals surface area contributed by atoms with Gasteiger partial charge >= 0.3 is 0 Å². The molecule has 21 heavy (non-hydrogen) atoms. The first-order valence-electron chi connectivity index (χ1n) is 6.32. The largest absolute Gasteiger partial charge is 0.454 e. The molecule has 0 spiro atoms. The van der Waals surface area contributed by atoms with Crippen LogP contribution in [0.5, 0.6) is 11.5 Å². The van der Waals surface area contributed by atoms with E-state index in [-0.39, 0.29) is 6.79 Å². The molecule has 110 valence electrons. The fourth-order valence-electron chi connectivity index (χ4n) is 2.07. The SMILES string of the molecule is Cc1cc(Br)c(NCc2cc3c(cc2Br)OCO3)cc1Cl. The Morgan fingerprint density at radius 2 is 1.81 bits per heavy atom. The number of ether oxygens (including phenoxy) is 2. The zero-order valence-electron chi connectivity index (χ0n) is 11.2. The van der Waals surface area contributed by atoms with Gasteiger partial charge in [-0.15, -0.1) is 0 Å². The summed E-state index contributed by atoms with van der Waals surface area (Å²) < 4.78 is 12.7. The lowest BCUT2D eigenvalue weighted by Gasteiger charge is -2.12. The molecule has 1 aliphatic heterocycles. The van der Waals surface area contributed by atoms with Crippen LogP contribution < -0.4 is 14.8 Å². The molecule has 0 aromatic heterocycles. The van der Waals surface area contributed by atoms with Crippen molar-refractivity contribution < 1.29 is 9.47 Å². The van der Waals surface area contributed by atoms with Crippen LogP contribution in [0.2, 0.25) is 5.02 Å². The van der Waals surface area contributed by atoms with Crippen LogP contribution in [0.25, 0.3) is 0 Å². The van der Waals surface area contributed by atoms with Crippen molar-refractivity contribution >= 4 is 49.1 Å². The molecule has 0 saturated heterocycles. The lowest BCUT2D eigenvalue weighted by Crippen LogP contribution is -2.01. The number of benzene rings is 2. The Bertz CT molecular complexity index is 707. The molecule has 0 saturated carbocycles. The highest BCUT2D eigenvalue weighted by Crippen LogP contribution is 2.37. The molecule has 1 heterocycles. The second-order valence-electron chi connectivity index (χ2n) is 4.73. The van der Waals surface area contributed by atoms with Crippen molar-refractivity contribution in [2.24, 2.45) is 0 Å². The Kier molecular flexibility index (Phi) is 4.33. The minimum Gasteiger partial charge on any atom is -0.454 e. The van der Waals surface area contributed by atoms with Crippen molar-refractivity contribution in [1.29, 1.82) is 0 Å². The maximum atomic E-state index is 6.17. The Hall–Kier alpha value is -0.910. The van der Waals surface area contributed by atoms with Crippen LogP contribution in [0.4, 0.5) is 5.69 Å². The molecular formula is C15H12Br2ClNO2. The van der Waals surface area contributed by atoms with Gasteiger partial charge in [0.15, 0.2) is 11.5 Å². The van der Waals surface area contributed by atoms with Gasteiger partial charge < -0.3 is 14.8 Å². The van der Waals surface area contributed by atoms with Crippen LogP contribution in [0.1, 0.15) is 11.1 Å². The van der Waals surface area contributed by atoms with Gasteiger partial charge in [-0.05, 0) is 58.2 Å². The summed E-state index contributed by atoms with van der Waals surface area (Å²) in [4.78, 5) is 0. The third-order valence-corrected chi connectivity index (χ3v) is 5.06. The van der Waals surface area contributed by atoms with Crippen LogP contribution in [-0.4, -0.2) is 6.79 Å². The average molecular weight is 434 g/mol. The van der Waals surface area contributed by atoms with E-state index in [4.69, 9.17) is 21.1 Å². The summed E-state index contributed by atoms with van der Waals surface area (Å²) in [7, 11) is 0. The number of fused-ring (bicyclic) bond motifs is 1. The first-order chi connectivity index (χ1) is 10.0. The van der Waals surface area contributed by atoms with Gasteiger partial charge in [-0.3, -0.25) is 0 Å². The van der Waals surface area contributed by atoms with Crippen molar-refractivity contribution in [3.05, 3.63) is 49.4 Å².